The van der Waals surface area contributed by atoms with Crippen LogP contribution >= 0.6 is 0 Å². The summed E-state index contributed by atoms with van der Waals surface area (Å²) >= 11 is 0. The monoisotopic (exact) mass is 348 g/mol. The van der Waals surface area contributed by atoms with Crippen molar-refractivity contribution in [3.8, 4) is 11.5 Å². The summed E-state index contributed by atoms with van der Waals surface area (Å²) in [5.41, 5.74) is -0.345. The normalized spacial score (nSPS) is 13.9. The van der Waals surface area contributed by atoms with Gasteiger partial charge in [-0.25, -0.2) is 4.79 Å². The zero-order valence-corrected chi connectivity index (χ0v) is 14.7. The molecule has 1 aromatic carbocycles. The maximum absolute atomic E-state index is 11.3. The Bertz CT molecular complexity index is 813. The molecule has 0 aliphatic heterocycles. The zero-order valence-electron chi connectivity index (χ0n) is 14.7. The molecule has 0 radical (unpaired) electrons. The highest BCUT2D eigenvalue weighted by atomic mass is 16.5. The van der Waals surface area contributed by atoms with Gasteiger partial charge in [0.1, 0.15) is 23.7 Å². The summed E-state index contributed by atoms with van der Waals surface area (Å²) in [6.07, 6.45) is 2.15. The summed E-state index contributed by atoms with van der Waals surface area (Å²) in [6, 6.07) is 5.71. The van der Waals surface area contributed by atoms with Crippen molar-refractivity contribution >= 4 is 11.0 Å². The van der Waals surface area contributed by atoms with Crippen LogP contribution < -0.4 is 10.4 Å². The van der Waals surface area contributed by atoms with Gasteiger partial charge in [0.2, 0.25) is 0 Å². The number of phenols is 1. The fourth-order valence-electron chi connectivity index (χ4n) is 2.34. The summed E-state index contributed by atoms with van der Waals surface area (Å²) < 4.78 is 10.7. The van der Waals surface area contributed by atoms with Crippen LogP contribution in [0.15, 0.2) is 45.1 Å². The first-order valence-corrected chi connectivity index (χ1v) is 8.12. The molecule has 0 saturated heterocycles. The van der Waals surface area contributed by atoms with E-state index in [0.717, 1.165) is 5.57 Å². The van der Waals surface area contributed by atoms with Crippen LogP contribution in [0.25, 0.3) is 11.0 Å². The quantitative estimate of drug-likeness (QED) is 0.525. The van der Waals surface area contributed by atoms with Crippen LogP contribution in [-0.2, 0) is 0 Å². The van der Waals surface area contributed by atoms with E-state index in [2.05, 4.69) is 0 Å². The lowest BCUT2D eigenvalue weighted by Crippen LogP contribution is -2.35. The topological polar surface area (TPSA) is 100 Å². The van der Waals surface area contributed by atoms with E-state index in [1.54, 1.807) is 19.9 Å². The van der Waals surface area contributed by atoms with Crippen molar-refractivity contribution in [1.82, 2.24) is 0 Å². The number of aliphatic hydroxyl groups excluding tert-OH is 1. The number of phenolic OH excluding ortho intramolecular Hbond substituents is 1. The lowest BCUT2D eigenvalue weighted by molar-refractivity contribution is -0.0509. The molecule has 0 spiro atoms. The van der Waals surface area contributed by atoms with Crippen LogP contribution in [0.3, 0.4) is 0 Å². The van der Waals surface area contributed by atoms with Gasteiger partial charge < -0.3 is 24.5 Å². The fourth-order valence-corrected chi connectivity index (χ4v) is 2.34. The van der Waals surface area contributed by atoms with E-state index in [1.807, 2.05) is 13.0 Å². The van der Waals surface area contributed by atoms with Crippen LogP contribution in [0.4, 0.5) is 0 Å². The van der Waals surface area contributed by atoms with Crippen LogP contribution in [0.2, 0.25) is 0 Å². The first-order valence-electron chi connectivity index (χ1n) is 8.12. The Kier molecular flexibility index (Phi) is 5.87. The number of rotatable bonds is 7. The lowest BCUT2D eigenvalue weighted by Gasteiger charge is -2.24. The summed E-state index contributed by atoms with van der Waals surface area (Å²) in [4.78, 5) is 11.3. The number of hydrogen-bond donors (Lipinski definition) is 3. The molecular formula is C19H24O6. The molecule has 0 bridgehead atoms. The van der Waals surface area contributed by atoms with E-state index in [9.17, 15) is 20.1 Å². The first-order chi connectivity index (χ1) is 11.7. The second-order valence-corrected chi connectivity index (χ2v) is 6.68. The third-order valence-electron chi connectivity index (χ3n) is 3.98. The number of ether oxygens (including phenoxy) is 1. The third-order valence-corrected chi connectivity index (χ3v) is 3.98. The van der Waals surface area contributed by atoms with Crippen molar-refractivity contribution in [2.24, 2.45) is 0 Å². The van der Waals surface area contributed by atoms with E-state index in [4.69, 9.17) is 9.15 Å². The van der Waals surface area contributed by atoms with Gasteiger partial charge in [-0.1, -0.05) is 5.57 Å². The molecule has 0 fully saturated rings. The van der Waals surface area contributed by atoms with Gasteiger partial charge in [-0.15, -0.1) is 0 Å². The van der Waals surface area contributed by atoms with E-state index >= 15 is 0 Å². The Hall–Kier alpha value is -2.31. The Morgan fingerprint density at radius 1 is 1.36 bits per heavy atom. The summed E-state index contributed by atoms with van der Waals surface area (Å²) in [5, 5.41) is 29.9. The van der Waals surface area contributed by atoms with E-state index in [1.165, 1.54) is 18.2 Å². The minimum Gasteiger partial charge on any atom is -0.508 e. The third kappa shape index (κ3) is 5.34. The highest BCUT2D eigenvalue weighted by Gasteiger charge is 2.23. The highest BCUT2D eigenvalue weighted by Crippen LogP contribution is 2.29. The molecule has 3 N–H and O–H groups in total. The second kappa shape index (κ2) is 7.72. The maximum atomic E-state index is 11.3. The molecule has 0 aliphatic carbocycles. The van der Waals surface area contributed by atoms with E-state index in [-0.39, 0.29) is 17.9 Å². The molecule has 0 saturated carbocycles. The number of fused-ring (bicyclic) bond motifs is 1. The molecule has 25 heavy (non-hydrogen) atoms. The molecule has 136 valence electrons. The van der Waals surface area contributed by atoms with Gasteiger partial charge in [-0.05, 0) is 45.8 Å². The molecule has 1 atom stereocenters. The number of aliphatic hydroxyl groups is 2. The Balaban J connectivity index is 2.01. The summed E-state index contributed by atoms with van der Waals surface area (Å²) in [7, 11) is 0. The molecule has 2 aromatic rings. The SMILES string of the molecule is C/C(=C\COc1cc(O)cc2oc(=O)ccc12)CCC(O)C(C)(C)O. The summed E-state index contributed by atoms with van der Waals surface area (Å²) in [5.74, 6) is 0.366. The number of allylic oxidation sites excluding steroid dienone is 1. The average Bonchev–Trinajstić information content (AvgIpc) is 2.50. The van der Waals surface area contributed by atoms with Gasteiger partial charge >= 0.3 is 5.63 Å². The molecule has 6 nitrogen and oxygen atoms in total. The van der Waals surface area contributed by atoms with Crippen molar-refractivity contribution < 1.29 is 24.5 Å². The van der Waals surface area contributed by atoms with Crippen LogP contribution in [-0.4, -0.2) is 33.6 Å². The predicted octanol–water partition coefficient (Wildman–Crippen LogP) is 2.74. The minimum absolute atomic E-state index is 0.0501. The molecule has 2 rings (SSSR count). The van der Waals surface area contributed by atoms with Gasteiger partial charge in [0.15, 0.2) is 0 Å². The van der Waals surface area contributed by atoms with E-state index < -0.39 is 17.3 Å². The first kappa shape index (κ1) is 19.0. The number of aromatic hydroxyl groups is 1. The van der Waals surface area contributed by atoms with Crippen LogP contribution in [0.5, 0.6) is 11.5 Å². The second-order valence-electron chi connectivity index (χ2n) is 6.68. The van der Waals surface area contributed by atoms with Crippen molar-refractivity contribution in [2.75, 3.05) is 6.61 Å². The standard InChI is InChI=1S/C19H24O6/c1-12(4-6-17(21)19(2,3)23)8-9-24-15-10-13(20)11-16-14(15)5-7-18(22)25-16/h5,7-8,10-11,17,20-21,23H,4,6,9H2,1-3H3/b12-8+. The van der Waals surface area contributed by atoms with Gasteiger partial charge in [0.05, 0.1) is 17.1 Å². The van der Waals surface area contributed by atoms with Crippen molar-refractivity contribution in [3.05, 3.63) is 46.3 Å². The van der Waals surface area contributed by atoms with Gasteiger partial charge in [-0.3, -0.25) is 0 Å². The fraction of sp³-hybridized carbons (Fsp3) is 0.421. The zero-order chi connectivity index (χ0) is 18.6. The molecule has 1 heterocycles. The van der Waals surface area contributed by atoms with Crippen LogP contribution in [0, 0.1) is 0 Å². The van der Waals surface area contributed by atoms with Gasteiger partial charge in [-0.2, -0.15) is 0 Å². The van der Waals surface area contributed by atoms with Crippen LogP contribution in [0.1, 0.15) is 33.6 Å². The largest absolute Gasteiger partial charge is 0.508 e. The highest BCUT2D eigenvalue weighted by molar-refractivity contribution is 5.84. The molecule has 1 aromatic heterocycles. The molecule has 1 unspecified atom stereocenters. The van der Waals surface area contributed by atoms with Crippen molar-refractivity contribution in [2.45, 2.75) is 45.3 Å². The molecule has 6 heteroatoms. The lowest BCUT2D eigenvalue weighted by atomic mass is 9.96. The number of hydrogen-bond acceptors (Lipinski definition) is 6. The average molecular weight is 348 g/mol. The molecule has 0 amide bonds. The van der Waals surface area contributed by atoms with E-state index in [0.29, 0.717) is 24.0 Å². The Morgan fingerprint density at radius 2 is 2.08 bits per heavy atom. The summed E-state index contributed by atoms with van der Waals surface area (Å²) in [6.45, 7) is 5.33. The van der Waals surface area contributed by atoms with Crippen molar-refractivity contribution in [1.29, 1.82) is 0 Å². The smallest absolute Gasteiger partial charge is 0.336 e. The minimum atomic E-state index is -1.12. The molecular weight excluding hydrogens is 324 g/mol. The predicted molar refractivity (Wildman–Crippen MR) is 94.9 cm³/mol. The van der Waals surface area contributed by atoms with Gasteiger partial charge in [0, 0.05) is 18.2 Å². The maximum Gasteiger partial charge on any atom is 0.336 e. The molecule has 0 aliphatic rings. The Morgan fingerprint density at radius 3 is 2.76 bits per heavy atom. The van der Waals surface area contributed by atoms with Gasteiger partial charge in [0.25, 0.3) is 0 Å². The Labute approximate surface area is 146 Å². The van der Waals surface area contributed by atoms with Crippen molar-refractivity contribution in [3.63, 3.8) is 0 Å². The number of benzene rings is 1.